The molecule has 2 saturated heterocycles. The van der Waals surface area contributed by atoms with Gasteiger partial charge in [-0.25, -0.2) is 0 Å². The summed E-state index contributed by atoms with van der Waals surface area (Å²) in [6, 6.07) is 1.19. The summed E-state index contributed by atoms with van der Waals surface area (Å²) in [4.78, 5) is 19.1. The number of hydrogen-bond acceptors (Lipinski definition) is 9. The number of ether oxygens (including phenoxy) is 1. The molecule has 0 saturated carbocycles. The van der Waals surface area contributed by atoms with Crippen molar-refractivity contribution < 1.29 is 27.1 Å². The molecule has 5 rings (SSSR count). The van der Waals surface area contributed by atoms with E-state index >= 15 is 0 Å². The molecule has 35 heavy (non-hydrogen) atoms. The van der Waals surface area contributed by atoms with E-state index in [4.69, 9.17) is 20.6 Å². The molecular formula is C22H25F3N6O3S. The lowest BCUT2D eigenvalue weighted by Crippen LogP contribution is -2.51. The second-order valence-corrected chi connectivity index (χ2v) is 9.76. The van der Waals surface area contributed by atoms with E-state index in [1.165, 1.54) is 11.1 Å². The topological polar surface area (TPSA) is 133 Å². The highest BCUT2D eigenvalue weighted by atomic mass is 32.1. The first-order valence-electron chi connectivity index (χ1n) is 11.3. The van der Waals surface area contributed by atoms with E-state index in [1.807, 2.05) is 6.07 Å². The number of piperidine rings is 1. The van der Waals surface area contributed by atoms with E-state index in [1.54, 1.807) is 6.20 Å². The maximum absolute atomic E-state index is 13.4. The van der Waals surface area contributed by atoms with Gasteiger partial charge in [-0.2, -0.15) is 17.5 Å². The Labute approximate surface area is 202 Å². The predicted octanol–water partition coefficient (Wildman–Crippen LogP) is 3.73. The van der Waals surface area contributed by atoms with Crippen LogP contribution in [0.3, 0.4) is 0 Å². The highest BCUT2D eigenvalue weighted by Crippen LogP contribution is 2.39. The molecule has 3 aromatic rings. The van der Waals surface area contributed by atoms with Crippen LogP contribution in [-0.4, -0.2) is 53.8 Å². The van der Waals surface area contributed by atoms with Crippen molar-refractivity contribution in [3.05, 3.63) is 29.6 Å². The summed E-state index contributed by atoms with van der Waals surface area (Å²) in [6.45, 7) is 1.33. The van der Waals surface area contributed by atoms with Gasteiger partial charge < -0.3 is 30.8 Å². The SMILES string of the molecule is Nc1oc2cc(C3CCOCC3)cnc2c1C(=O)Nc1cnsc1N1C[C@@H](N)C[C@H](C(F)(F)F)C1. The number of nitrogen functional groups attached to an aromatic ring is 1. The molecule has 2 aliphatic heterocycles. The van der Waals surface area contributed by atoms with Crippen LogP contribution < -0.4 is 21.7 Å². The van der Waals surface area contributed by atoms with E-state index in [2.05, 4.69) is 14.7 Å². The van der Waals surface area contributed by atoms with Gasteiger partial charge in [-0.05, 0) is 48.3 Å². The van der Waals surface area contributed by atoms with Crippen LogP contribution in [0.5, 0.6) is 0 Å². The molecule has 3 aromatic heterocycles. The predicted molar refractivity (Wildman–Crippen MR) is 126 cm³/mol. The number of halogens is 3. The van der Waals surface area contributed by atoms with Gasteiger partial charge in [0.2, 0.25) is 5.88 Å². The third kappa shape index (κ3) is 4.80. The molecular weight excluding hydrogens is 485 g/mol. The molecule has 0 bridgehead atoms. The Bertz CT molecular complexity index is 1220. The molecule has 2 aliphatic rings. The first-order chi connectivity index (χ1) is 16.7. The quantitative estimate of drug-likeness (QED) is 0.484. The summed E-state index contributed by atoms with van der Waals surface area (Å²) in [5.74, 6) is -1.93. The fourth-order valence-corrected chi connectivity index (χ4v) is 5.48. The Kier molecular flexibility index (Phi) is 6.32. The van der Waals surface area contributed by atoms with Gasteiger partial charge in [-0.15, -0.1) is 0 Å². The maximum atomic E-state index is 13.4. The average Bonchev–Trinajstić information content (AvgIpc) is 3.41. The van der Waals surface area contributed by atoms with Crippen LogP contribution in [0.15, 0.2) is 22.9 Å². The minimum atomic E-state index is -4.36. The summed E-state index contributed by atoms with van der Waals surface area (Å²) < 4.78 is 55.2. The zero-order valence-electron chi connectivity index (χ0n) is 18.7. The number of nitrogens with one attached hydrogen (secondary N) is 1. The summed E-state index contributed by atoms with van der Waals surface area (Å²) in [7, 11) is 0. The molecule has 0 radical (unpaired) electrons. The Balaban J connectivity index is 1.38. The monoisotopic (exact) mass is 510 g/mol. The summed E-state index contributed by atoms with van der Waals surface area (Å²) in [5, 5.41) is 3.12. The Morgan fingerprint density at radius 3 is 2.74 bits per heavy atom. The van der Waals surface area contributed by atoms with Crippen LogP contribution >= 0.6 is 11.5 Å². The number of hydrogen-bond donors (Lipinski definition) is 3. The van der Waals surface area contributed by atoms with Crippen LogP contribution in [0.25, 0.3) is 11.1 Å². The van der Waals surface area contributed by atoms with Crippen molar-refractivity contribution in [1.29, 1.82) is 0 Å². The molecule has 5 N–H and O–H groups in total. The van der Waals surface area contributed by atoms with Crippen molar-refractivity contribution in [3.8, 4) is 0 Å². The van der Waals surface area contributed by atoms with Crippen LogP contribution in [0, 0.1) is 5.92 Å². The van der Waals surface area contributed by atoms with Gasteiger partial charge in [0.1, 0.15) is 16.1 Å². The highest BCUT2D eigenvalue weighted by Gasteiger charge is 2.44. The number of anilines is 3. The van der Waals surface area contributed by atoms with Gasteiger partial charge in [0, 0.05) is 38.5 Å². The lowest BCUT2D eigenvalue weighted by Gasteiger charge is -2.37. The number of furan rings is 1. The van der Waals surface area contributed by atoms with Gasteiger partial charge in [0.25, 0.3) is 5.91 Å². The number of nitrogens with two attached hydrogens (primary N) is 2. The number of carbonyl (C=O) groups is 1. The molecule has 13 heteroatoms. The summed E-state index contributed by atoms with van der Waals surface area (Å²) in [6.07, 6.45) is 0.368. The first kappa shape index (κ1) is 23.8. The van der Waals surface area contributed by atoms with Gasteiger partial charge in [0.15, 0.2) is 5.58 Å². The number of rotatable bonds is 4. The molecule has 2 fully saturated rings. The Hall–Kier alpha value is -2.90. The van der Waals surface area contributed by atoms with E-state index in [-0.39, 0.29) is 36.6 Å². The second-order valence-electron chi connectivity index (χ2n) is 8.98. The zero-order valence-corrected chi connectivity index (χ0v) is 19.5. The third-order valence-electron chi connectivity index (χ3n) is 6.53. The summed E-state index contributed by atoms with van der Waals surface area (Å²) in [5.41, 5.74) is 14.0. The standard InChI is InChI=1S/C22H25F3N6O3S/c23-22(24,25)13-6-14(26)10-31(9-13)21-15(8-29-35-21)30-20(32)17-18-16(34-19(17)27)5-12(7-28-18)11-1-3-33-4-2-11/h5,7-8,11,13-14H,1-4,6,9-10,26-27H2,(H,30,32)/t13-,14-/m0/s1. The van der Waals surface area contributed by atoms with Crippen LogP contribution in [0.1, 0.15) is 41.1 Å². The van der Waals surface area contributed by atoms with Gasteiger partial charge >= 0.3 is 6.18 Å². The second kappa shape index (κ2) is 9.28. The summed E-state index contributed by atoms with van der Waals surface area (Å²) >= 11 is 0.993. The minimum absolute atomic E-state index is 0.0687. The van der Waals surface area contributed by atoms with Gasteiger partial charge in [-0.3, -0.25) is 9.78 Å². The maximum Gasteiger partial charge on any atom is 0.393 e. The number of amides is 1. The van der Waals surface area contributed by atoms with E-state index in [0.29, 0.717) is 35.2 Å². The molecule has 188 valence electrons. The van der Waals surface area contributed by atoms with Crippen molar-refractivity contribution in [3.63, 3.8) is 0 Å². The molecule has 1 amide bonds. The molecule has 0 spiro atoms. The fourth-order valence-electron chi connectivity index (χ4n) is 4.76. The normalized spacial score (nSPS) is 22.0. The number of aromatic nitrogens is 2. The number of carbonyl (C=O) groups excluding carboxylic acids is 1. The Morgan fingerprint density at radius 2 is 2.00 bits per heavy atom. The molecule has 5 heterocycles. The molecule has 2 atom stereocenters. The zero-order chi connectivity index (χ0) is 24.7. The van der Waals surface area contributed by atoms with Crippen LogP contribution in [0.4, 0.5) is 29.7 Å². The van der Waals surface area contributed by atoms with Crippen molar-refractivity contribution in [1.82, 2.24) is 9.36 Å². The van der Waals surface area contributed by atoms with Gasteiger partial charge in [0.05, 0.1) is 17.8 Å². The minimum Gasteiger partial charge on any atom is -0.438 e. The van der Waals surface area contributed by atoms with Crippen molar-refractivity contribution >= 4 is 45.1 Å². The smallest absolute Gasteiger partial charge is 0.393 e. The van der Waals surface area contributed by atoms with E-state index in [9.17, 15) is 18.0 Å². The lowest BCUT2D eigenvalue weighted by molar-refractivity contribution is -0.177. The van der Waals surface area contributed by atoms with Crippen molar-refractivity contribution in [2.75, 3.05) is 42.3 Å². The first-order valence-corrected chi connectivity index (χ1v) is 12.1. The lowest BCUT2D eigenvalue weighted by atomic mass is 9.93. The number of nitrogens with zero attached hydrogens (tertiary/aromatic N) is 3. The molecule has 9 nitrogen and oxygen atoms in total. The van der Waals surface area contributed by atoms with E-state index in [0.717, 1.165) is 29.9 Å². The van der Waals surface area contributed by atoms with Crippen LogP contribution in [-0.2, 0) is 4.74 Å². The largest absolute Gasteiger partial charge is 0.438 e. The molecule has 0 unspecified atom stereocenters. The Morgan fingerprint density at radius 1 is 1.23 bits per heavy atom. The number of pyridine rings is 1. The van der Waals surface area contributed by atoms with Crippen molar-refractivity contribution in [2.45, 2.75) is 37.4 Å². The van der Waals surface area contributed by atoms with Crippen LogP contribution in [0.2, 0.25) is 0 Å². The van der Waals surface area contributed by atoms with Gasteiger partial charge in [-0.1, -0.05) is 0 Å². The number of alkyl halides is 3. The highest BCUT2D eigenvalue weighted by molar-refractivity contribution is 7.11. The molecule has 0 aromatic carbocycles. The molecule has 0 aliphatic carbocycles. The average molecular weight is 511 g/mol. The third-order valence-corrected chi connectivity index (χ3v) is 7.39. The van der Waals surface area contributed by atoms with E-state index < -0.39 is 24.0 Å². The van der Waals surface area contributed by atoms with Crippen molar-refractivity contribution in [2.24, 2.45) is 11.7 Å². The number of fused-ring (bicyclic) bond motifs is 1. The fraction of sp³-hybridized carbons (Fsp3) is 0.500.